The summed E-state index contributed by atoms with van der Waals surface area (Å²) in [5.74, 6) is -0.206. The van der Waals surface area contributed by atoms with Gasteiger partial charge in [-0.2, -0.15) is 13.2 Å². The Morgan fingerprint density at radius 3 is 2.24 bits per heavy atom. The molecule has 2 N–H and O–H groups in total. The molecule has 0 aliphatic rings. The highest BCUT2D eigenvalue weighted by atomic mass is 32.1. The van der Waals surface area contributed by atoms with Crippen molar-refractivity contribution in [1.29, 1.82) is 0 Å². The van der Waals surface area contributed by atoms with Gasteiger partial charge in [0.2, 0.25) is 5.91 Å². The zero-order valence-corrected chi connectivity index (χ0v) is 14.1. The van der Waals surface area contributed by atoms with Crippen molar-refractivity contribution in [1.82, 2.24) is 5.32 Å². The Morgan fingerprint density at radius 2 is 1.68 bits per heavy atom. The molecule has 0 aliphatic carbocycles. The summed E-state index contributed by atoms with van der Waals surface area (Å²) in [4.78, 5) is 13.6. The number of halogens is 3. The number of carbonyl (C=O) groups is 1. The number of thiocarbonyl (C=S) groups is 1. The van der Waals surface area contributed by atoms with Crippen LogP contribution in [0.4, 0.5) is 24.5 Å². The van der Waals surface area contributed by atoms with Crippen molar-refractivity contribution >= 4 is 34.6 Å². The Balaban J connectivity index is 1.85. The zero-order valence-electron chi connectivity index (χ0n) is 13.3. The Labute approximate surface area is 148 Å². The predicted octanol–water partition coefficient (Wildman–Crippen LogP) is 3.65. The molecule has 0 aliphatic heterocycles. The van der Waals surface area contributed by atoms with E-state index in [1.807, 2.05) is 18.2 Å². The van der Waals surface area contributed by atoms with Gasteiger partial charge in [0.25, 0.3) is 0 Å². The highest BCUT2D eigenvalue weighted by molar-refractivity contribution is 7.80. The number of hydrogen-bond donors (Lipinski definition) is 2. The van der Waals surface area contributed by atoms with Crippen molar-refractivity contribution in [2.45, 2.75) is 6.18 Å². The molecule has 0 aromatic heterocycles. The first-order chi connectivity index (χ1) is 11.8. The monoisotopic (exact) mass is 367 g/mol. The van der Waals surface area contributed by atoms with Gasteiger partial charge in [0, 0.05) is 18.4 Å². The first-order valence-electron chi connectivity index (χ1n) is 7.31. The van der Waals surface area contributed by atoms with Crippen LogP contribution in [0.1, 0.15) is 5.56 Å². The quantitative estimate of drug-likeness (QED) is 0.810. The summed E-state index contributed by atoms with van der Waals surface area (Å²) in [7, 11) is 1.64. The average Bonchev–Trinajstić information content (AvgIpc) is 2.59. The van der Waals surface area contributed by atoms with Crippen LogP contribution >= 0.6 is 12.2 Å². The maximum atomic E-state index is 12.5. The van der Waals surface area contributed by atoms with Crippen molar-refractivity contribution in [2.75, 3.05) is 23.8 Å². The number of amides is 1. The molecule has 0 saturated heterocycles. The lowest BCUT2D eigenvalue weighted by molar-refractivity contribution is -0.137. The molecule has 4 nitrogen and oxygen atoms in total. The normalized spacial score (nSPS) is 10.9. The molecule has 0 atom stereocenters. The molecule has 8 heteroatoms. The molecule has 0 radical (unpaired) electrons. The summed E-state index contributed by atoms with van der Waals surface area (Å²) in [5.41, 5.74) is 0.405. The summed E-state index contributed by atoms with van der Waals surface area (Å²) in [6.45, 7) is -0.0438. The number of anilines is 2. The molecule has 2 aromatic carbocycles. The van der Waals surface area contributed by atoms with Crippen LogP contribution in [0.2, 0.25) is 0 Å². The van der Waals surface area contributed by atoms with E-state index in [0.29, 0.717) is 5.69 Å². The van der Waals surface area contributed by atoms with Crippen LogP contribution in [0, 0.1) is 0 Å². The number of likely N-dealkylation sites (N-methyl/N-ethyl adjacent to an activating group) is 1. The van der Waals surface area contributed by atoms with E-state index in [9.17, 15) is 18.0 Å². The van der Waals surface area contributed by atoms with Gasteiger partial charge < -0.3 is 15.5 Å². The van der Waals surface area contributed by atoms with Crippen molar-refractivity contribution < 1.29 is 18.0 Å². The highest BCUT2D eigenvalue weighted by Crippen LogP contribution is 2.29. The van der Waals surface area contributed by atoms with E-state index in [1.165, 1.54) is 17.0 Å². The molecule has 0 saturated carbocycles. The fourth-order valence-corrected chi connectivity index (χ4v) is 2.18. The van der Waals surface area contributed by atoms with E-state index in [2.05, 4.69) is 10.6 Å². The summed E-state index contributed by atoms with van der Waals surface area (Å²) in [6, 6.07) is 13.6. The summed E-state index contributed by atoms with van der Waals surface area (Å²) < 4.78 is 37.5. The Bertz CT molecular complexity index is 733. The minimum absolute atomic E-state index is 0.0438. The third kappa shape index (κ3) is 5.46. The van der Waals surface area contributed by atoms with E-state index in [1.54, 1.807) is 19.2 Å². The van der Waals surface area contributed by atoms with Gasteiger partial charge in [0.15, 0.2) is 5.11 Å². The van der Waals surface area contributed by atoms with Gasteiger partial charge in [-0.25, -0.2) is 0 Å². The number of rotatable bonds is 4. The van der Waals surface area contributed by atoms with Crippen LogP contribution in [0.15, 0.2) is 54.6 Å². The first-order valence-corrected chi connectivity index (χ1v) is 7.72. The maximum Gasteiger partial charge on any atom is 0.416 e. The molecule has 0 fully saturated rings. The van der Waals surface area contributed by atoms with Gasteiger partial charge in [-0.05, 0) is 48.6 Å². The Morgan fingerprint density at radius 1 is 1.08 bits per heavy atom. The molecular weight excluding hydrogens is 351 g/mol. The van der Waals surface area contributed by atoms with E-state index < -0.39 is 11.7 Å². The fraction of sp³-hybridized carbons (Fsp3) is 0.176. The van der Waals surface area contributed by atoms with Crippen molar-refractivity contribution in [3.05, 3.63) is 60.2 Å². The molecule has 2 aromatic rings. The van der Waals surface area contributed by atoms with E-state index >= 15 is 0 Å². The lowest BCUT2D eigenvalue weighted by Gasteiger charge is -2.18. The average molecular weight is 367 g/mol. The van der Waals surface area contributed by atoms with Gasteiger partial charge in [-0.1, -0.05) is 18.2 Å². The van der Waals surface area contributed by atoms with Crippen LogP contribution in [0.25, 0.3) is 0 Å². The van der Waals surface area contributed by atoms with E-state index in [-0.39, 0.29) is 17.6 Å². The minimum atomic E-state index is -4.38. The SMILES string of the molecule is CN(C(=O)CNC(=S)Nc1ccc(C(F)(F)F)cc1)c1ccccc1. The van der Waals surface area contributed by atoms with Crippen LogP contribution in [0.5, 0.6) is 0 Å². The maximum absolute atomic E-state index is 12.5. The van der Waals surface area contributed by atoms with Gasteiger partial charge in [-0.3, -0.25) is 4.79 Å². The summed E-state index contributed by atoms with van der Waals surface area (Å²) in [6.07, 6.45) is -4.38. The number of benzene rings is 2. The Kier molecular flexibility index (Phi) is 5.97. The molecular formula is C17H16F3N3OS. The largest absolute Gasteiger partial charge is 0.416 e. The highest BCUT2D eigenvalue weighted by Gasteiger charge is 2.29. The number of nitrogens with one attached hydrogen (secondary N) is 2. The molecule has 25 heavy (non-hydrogen) atoms. The lowest BCUT2D eigenvalue weighted by Crippen LogP contribution is -2.39. The molecule has 2 rings (SSSR count). The number of nitrogens with zero attached hydrogens (tertiary/aromatic N) is 1. The van der Waals surface area contributed by atoms with Crippen molar-refractivity contribution in [3.63, 3.8) is 0 Å². The third-order valence-electron chi connectivity index (χ3n) is 3.39. The number of carbonyl (C=O) groups excluding carboxylic acids is 1. The van der Waals surface area contributed by atoms with E-state index in [0.717, 1.165) is 17.8 Å². The van der Waals surface area contributed by atoms with Crippen LogP contribution < -0.4 is 15.5 Å². The number of para-hydroxylation sites is 1. The predicted molar refractivity (Wildman–Crippen MR) is 95.5 cm³/mol. The third-order valence-corrected chi connectivity index (χ3v) is 3.63. The zero-order chi connectivity index (χ0) is 18.4. The Hall–Kier alpha value is -2.61. The van der Waals surface area contributed by atoms with Gasteiger partial charge in [-0.15, -0.1) is 0 Å². The van der Waals surface area contributed by atoms with Crippen LogP contribution in [-0.2, 0) is 11.0 Å². The van der Waals surface area contributed by atoms with Crippen molar-refractivity contribution in [2.24, 2.45) is 0 Å². The molecule has 1 amide bonds. The second kappa shape index (κ2) is 7.98. The van der Waals surface area contributed by atoms with Crippen LogP contribution in [0.3, 0.4) is 0 Å². The van der Waals surface area contributed by atoms with Crippen LogP contribution in [-0.4, -0.2) is 24.6 Å². The fourth-order valence-electron chi connectivity index (χ4n) is 1.99. The smallest absolute Gasteiger partial charge is 0.353 e. The second-order valence-corrected chi connectivity index (χ2v) is 5.58. The summed E-state index contributed by atoms with van der Waals surface area (Å²) in [5, 5.41) is 5.62. The van der Waals surface area contributed by atoms with Gasteiger partial charge in [0.05, 0.1) is 12.1 Å². The first kappa shape index (κ1) is 18.7. The standard InChI is InChI=1S/C17H16F3N3OS/c1-23(14-5-3-2-4-6-14)15(24)11-21-16(25)22-13-9-7-12(8-10-13)17(18,19)20/h2-10H,11H2,1H3,(H2,21,22,25). The topological polar surface area (TPSA) is 44.4 Å². The minimum Gasteiger partial charge on any atom is -0.353 e. The summed E-state index contributed by atoms with van der Waals surface area (Å²) >= 11 is 5.05. The van der Waals surface area contributed by atoms with Crippen molar-refractivity contribution in [3.8, 4) is 0 Å². The molecule has 0 bridgehead atoms. The molecule has 0 unspecified atom stereocenters. The van der Waals surface area contributed by atoms with Gasteiger partial charge in [0.1, 0.15) is 0 Å². The second-order valence-electron chi connectivity index (χ2n) is 5.17. The van der Waals surface area contributed by atoms with Gasteiger partial charge >= 0.3 is 6.18 Å². The molecule has 0 heterocycles. The number of hydrogen-bond acceptors (Lipinski definition) is 2. The molecule has 132 valence electrons. The molecule has 0 spiro atoms. The number of alkyl halides is 3. The lowest BCUT2D eigenvalue weighted by atomic mass is 10.2. The van der Waals surface area contributed by atoms with E-state index in [4.69, 9.17) is 12.2 Å².